The second kappa shape index (κ2) is 5.33. The molecule has 0 saturated heterocycles. The first-order valence-corrected chi connectivity index (χ1v) is 6.40. The number of aromatic nitrogens is 1. The van der Waals surface area contributed by atoms with Crippen molar-refractivity contribution in [3.05, 3.63) is 58.8 Å². The van der Waals surface area contributed by atoms with E-state index in [1.807, 2.05) is 36.3 Å². The second-order valence-electron chi connectivity index (χ2n) is 3.10. The molecule has 1 aromatic heterocycles. The van der Waals surface area contributed by atoms with E-state index in [0.717, 1.165) is 10.2 Å². The van der Waals surface area contributed by atoms with Crippen LogP contribution in [0, 0.1) is 0 Å². The number of pyridine rings is 1. The molecule has 0 fully saturated rings. The highest BCUT2D eigenvalue weighted by molar-refractivity contribution is 9.10. The number of nitrogens with zero attached hydrogens (tertiary/aromatic N) is 1. The van der Waals surface area contributed by atoms with E-state index in [9.17, 15) is 0 Å². The first-order chi connectivity index (χ1) is 7.34. The smallest absolute Gasteiger partial charge is 0.0278 e. The van der Waals surface area contributed by atoms with Crippen molar-refractivity contribution in [1.82, 2.24) is 4.98 Å². The third-order valence-electron chi connectivity index (χ3n) is 1.97. The number of thioether (sulfide) groups is 1. The van der Waals surface area contributed by atoms with Crippen molar-refractivity contribution < 1.29 is 0 Å². The van der Waals surface area contributed by atoms with Crippen molar-refractivity contribution in [3.63, 3.8) is 0 Å². The molecule has 0 amide bonds. The molecule has 0 radical (unpaired) electrons. The average Bonchev–Trinajstić information content (AvgIpc) is 2.30. The van der Waals surface area contributed by atoms with Gasteiger partial charge in [-0.05, 0) is 29.8 Å². The van der Waals surface area contributed by atoms with Crippen LogP contribution in [-0.4, -0.2) is 4.98 Å². The Morgan fingerprint density at radius 3 is 2.33 bits per heavy atom. The van der Waals surface area contributed by atoms with E-state index in [4.69, 9.17) is 0 Å². The molecule has 0 atom stereocenters. The minimum absolute atomic E-state index is 0.997. The summed E-state index contributed by atoms with van der Waals surface area (Å²) in [5.74, 6) is 0.997. The van der Waals surface area contributed by atoms with Crippen LogP contribution in [0.2, 0.25) is 0 Å². The van der Waals surface area contributed by atoms with Gasteiger partial charge >= 0.3 is 0 Å². The molecule has 1 nitrogen and oxygen atoms in total. The van der Waals surface area contributed by atoms with Crippen LogP contribution >= 0.6 is 27.7 Å². The van der Waals surface area contributed by atoms with E-state index in [1.54, 1.807) is 0 Å². The molecule has 0 aliphatic carbocycles. The molecular weight excluding hydrogens is 270 g/mol. The van der Waals surface area contributed by atoms with Gasteiger partial charge in [0.05, 0.1) is 0 Å². The Labute approximate surface area is 102 Å². The molecule has 0 saturated carbocycles. The van der Waals surface area contributed by atoms with Crippen LogP contribution in [0.1, 0.15) is 5.56 Å². The van der Waals surface area contributed by atoms with Crippen molar-refractivity contribution in [3.8, 4) is 0 Å². The number of rotatable bonds is 3. The Kier molecular flexibility index (Phi) is 3.80. The van der Waals surface area contributed by atoms with E-state index >= 15 is 0 Å². The van der Waals surface area contributed by atoms with Gasteiger partial charge in [0.25, 0.3) is 0 Å². The summed E-state index contributed by atoms with van der Waals surface area (Å²) < 4.78 is 1.13. The van der Waals surface area contributed by atoms with E-state index in [0.29, 0.717) is 0 Å². The quantitative estimate of drug-likeness (QED) is 0.784. The van der Waals surface area contributed by atoms with Gasteiger partial charge < -0.3 is 0 Å². The SMILES string of the molecule is Brc1ccc(CSc2ccncc2)cc1. The van der Waals surface area contributed by atoms with Crippen molar-refractivity contribution in [2.24, 2.45) is 0 Å². The van der Waals surface area contributed by atoms with Crippen LogP contribution in [0.3, 0.4) is 0 Å². The fraction of sp³-hybridized carbons (Fsp3) is 0.0833. The fourth-order valence-electron chi connectivity index (χ4n) is 1.18. The van der Waals surface area contributed by atoms with Gasteiger partial charge in [-0.1, -0.05) is 28.1 Å². The highest BCUT2D eigenvalue weighted by Gasteiger charge is 1.95. The first kappa shape index (κ1) is 10.7. The monoisotopic (exact) mass is 279 g/mol. The summed E-state index contributed by atoms with van der Waals surface area (Å²) >= 11 is 5.25. The zero-order valence-electron chi connectivity index (χ0n) is 8.06. The molecular formula is C12H10BrNS. The van der Waals surface area contributed by atoms with Crippen LogP contribution < -0.4 is 0 Å². The lowest BCUT2D eigenvalue weighted by atomic mass is 10.2. The lowest BCUT2D eigenvalue weighted by molar-refractivity contribution is 1.26. The summed E-state index contributed by atoms with van der Waals surface area (Å²) in [5, 5.41) is 0. The zero-order chi connectivity index (χ0) is 10.5. The van der Waals surface area contributed by atoms with Gasteiger partial charge in [0.1, 0.15) is 0 Å². The highest BCUT2D eigenvalue weighted by atomic mass is 79.9. The Morgan fingerprint density at radius 2 is 1.67 bits per heavy atom. The first-order valence-electron chi connectivity index (χ1n) is 4.62. The lowest BCUT2D eigenvalue weighted by Gasteiger charge is -2.01. The van der Waals surface area contributed by atoms with Gasteiger partial charge in [0, 0.05) is 27.5 Å². The minimum atomic E-state index is 0.997. The van der Waals surface area contributed by atoms with Gasteiger partial charge in [0.15, 0.2) is 0 Å². The molecule has 0 spiro atoms. The Balaban J connectivity index is 1.96. The number of hydrogen-bond donors (Lipinski definition) is 0. The third kappa shape index (κ3) is 3.36. The molecule has 0 bridgehead atoms. The third-order valence-corrected chi connectivity index (χ3v) is 3.58. The van der Waals surface area contributed by atoms with E-state index in [-0.39, 0.29) is 0 Å². The van der Waals surface area contributed by atoms with Crippen molar-refractivity contribution >= 4 is 27.7 Å². The number of hydrogen-bond acceptors (Lipinski definition) is 2. The van der Waals surface area contributed by atoms with Crippen LogP contribution in [0.15, 0.2) is 58.2 Å². The van der Waals surface area contributed by atoms with E-state index < -0.39 is 0 Å². The standard InChI is InChI=1S/C12H10BrNS/c13-11-3-1-10(2-4-11)9-15-12-5-7-14-8-6-12/h1-8H,9H2. The van der Waals surface area contributed by atoms with Gasteiger partial charge in [-0.3, -0.25) is 4.98 Å². The van der Waals surface area contributed by atoms with Crippen molar-refractivity contribution in [1.29, 1.82) is 0 Å². The molecule has 3 heteroatoms. The number of benzene rings is 1. The topological polar surface area (TPSA) is 12.9 Å². The largest absolute Gasteiger partial charge is 0.265 e. The van der Waals surface area contributed by atoms with Crippen molar-refractivity contribution in [2.45, 2.75) is 10.6 Å². The molecule has 1 aromatic carbocycles. The summed E-state index contributed by atoms with van der Waals surface area (Å²) in [6.45, 7) is 0. The van der Waals surface area contributed by atoms with Crippen LogP contribution in [0.4, 0.5) is 0 Å². The predicted octanol–water partition coefficient (Wildman–Crippen LogP) is 4.14. The Hall–Kier alpha value is -0.800. The molecule has 2 aromatic rings. The molecule has 0 aliphatic rings. The molecule has 2 rings (SSSR count). The summed E-state index contributed by atoms with van der Waals surface area (Å²) in [6, 6.07) is 12.5. The Bertz CT molecular complexity index is 413. The predicted molar refractivity (Wildman–Crippen MR) is 67.9 cm³/mol. The van der Waals surface area contributed by atoms with Crippen LogP contribution in [-0.2, 0) is 5.75 Å². The maximum atomic E-state index is 3.99. The van der Waals surface area contributed by atoms with E-state index in [1.165, 1.54) is 10.5 Å². The van der Waals surface area contributed by atoms with E-state index in [2.05, 4.69) is 45.2 Å². The molecule has 0 unspecified atom stereocenters. The molecule has 1 heterocycles. The molecule has 15 heavy (non-hydrogen) atoms. The average molecular weight is 280 g/mol. The van der Waals surface area contributed by atoms with Gasteiger partial charge in [-0.15, -0.1) is 11.8 Å². The summed E-state index contributed by atoms with van der Waals surface area (Å²) in [6.07, 6.45) is 3.65. The summed E-state index contributed by atoms with van der Waals surface area (Å²) in [4.78, 5) is 5.25. The van der Waals surface area contributed by atoms with Crippen LogP contribution in [0.25, 0.3) is 0 Å². The van der Waals surface area contributed by atoms with Gasteiger partial charge in [0.2, 0.25) is 0 Å². The second-order valence-corrected chi connectivity index (χ2v) is 5.06. The number of halogens is 1. The summed E-state index contributed by atoms with van der Waals surface area (Å²) in [7, 11) is 0. The van der Waals surface area contributed by atoms with Crippen LogP contribution in [0.5, 0.6) is 0 Å². The molecule has 0 N–H and O–H groups in total. The zero-order valence-corrected chi connectivity index (χ0v) is 10.5. The normalized spacial score (nSPS) is 10.2. The lowest BCUT2D eigenvalue weighted by Crippen LogP contribution is -1.80. The molecule has 0 aliphatic heterocycles. The van der Waals surface area contributed by atoms with Crippen molar-refractivity contribution in [2.75, 3.05) is 0 Å². The molecule has 76 valence electrons. The van der Waals surface area contributed by atoms with Gasteiger partial charge in [-0.2, -0.15) is 0 Å². The maximum absolute atomic E-state index is 3.99. The minimum Gasteiger partial charge on any atom is -0.265 e. The summed E-state index contributed by atoms with van der Waals surface area (Å²) in [5.41, 5.74) is 1.33. The maximum Gasteiger partial charge on any atom is 0.0278 e. The highest BCUT2D eigenvalue weighted by Crippen LogP contribution is 2.22. The Morgan fingerprint density at radius 1 is 1.00 bits per heavy atom. The van der Waals surface area contributed by atoms with Gasteiger partial charge in [-0.25, -0.2) is 0 Å². The fourth-order valence-corrected chi connectivity index (χ4v) is 2.29.